The maximum absolute atomic E-state index is 9.89. The van der Waals surface area contributed by atoms with Crippen LogP contribution in [0.4, 0.5) is 0 Å². The van der Waals surface area contributed by atoms with Crippen molar-refractivity contribution < 1.29 is 14.6 Å². The molecule has 0 aliphatic carbocycles. The molecular formula is C2H7O3P. The molecule has 0 fully saturated rings. The summed E-state index contributed by atoms with van der Waals surface area (Å²) in [4.78, 5) is 8.13. The third kappa shape index (κ3) is 4.15. The van der Waals surface area contributed by atoms with Crippen molar-refractivity contribution in [3.05, 3.63) is 0 Å². The molecule has 0 aliphatic rings. The van der Waals surface area contributed by atoms with Gasteiger partial charge in [-0.1, -0.05) is 0 Å². The second kappa shape index (κ2) is 1.73. The van der Waals surface area contributed by atoms with E-state index in [1.54, 1.807) is 0 Å². The van der Waals surface area contributed by atoms with Gasteiger partial charge >= 0.3 is 0 Å². The summed E-state index contributed by atoms with van der Waals surface area (Å²) >= 11 is 0. The van der Waals surface area contributed by atoms with Crippen LogP contribution in [-0.2, 0) is 4.57 Å². The Morgan fingerprint density at radius 1 is 1.83 bits per heavy atom. The fourth-order valence-corrected chi connectivity index (χ4v) is 0. The van der Waals surface area contributed by atoms with Gasteiger partial charge in [0.05, 0.1) is 0 Å². The van der Waals surface area contributed by atoms with Crippen molar-refractivity contribution in [3.8, 4) is 0 Å². The van der Waals surface area contributed by atoms with E-state index in [4.69, 9.17) is 10.00 Å². The maximum Gasteiger partial charge on any atom is 0.222 e. The molecule has 0 amide bonds. The monoisotopic (exact) mass is 110 g/mol. The van der Waals surface area contributed by atoms with Crippen LogP contribution in [0.15, 0.2) is 0 Å². The largest absolute Gasteiger partial charge is 0.386 e. The highest BCUT2D eigenvalue weighted by molar-refractivity contribution is 7.56. The van der Waals surface area contributed by atoms with Gasteiger partial charge in [0, 0.05) is 6.66 Å². The number of hydrogen-bond acceptors (Lipinski definition) is 2. The van der Waals surface area contributed by atoms with Crippen LogP contribution < -0.4 is 0 Å². The Balaban J connectivity index is 3.48. The van der Waals surface area contributed by atoms with Crippen LogP contribution in [0.1, 0.15) is 0 Å². The van der Waals surface area contributed by atoms with Crippen molar-refractivity contribution in [1.29, 1.82) is 0 Å². The molecule has 6 heavy (non-hydrogen) atoms. The highest BCUT2D eigenvalue weighted by atomic mass is 31.2. The van der Waals surface area contributed by atoms with E-state index >= 15 is 0 Å². The van der Waals surface area contributed by atoms with Crippen molar-refractivity contribution in [2.75, 3.05) is 13.0 Å². The fraction of sp³-hybridized carbons (Fsp3) is 1.00. The van der Waals surface area contributed by atoms with Gasteiger partial charge in [0.15, 0.2) is 0 Å². The molecule has 4 heteroatoms. The lowest BCUT2D eigenvalue weighted by Crippen LogP contribution is -1.80. The number of aliphatic hydroxyl groups excluding tert-OH is 1. The number of rotatable bonds is 1. The van der Waals surface area contributed by atoms with Crippen LogP contribution in [0.25, 0.3) is 0 Å². The van der Waals surface area contributed by atoms with Crippen molar-refractivity contribution in [1.82, 2.24) is 0 Å². The van der Waals surface area contributed by atoms with Crippen LogP contribution in [0.2, 0.25) is 0 Å². The van der Waals surface area contributed by atoms with Gasteiger partial charge in [0.1, 0.15) is 6.35 Å². The molecule has 0 aliphatic heterocycles. The second-order valence-electron chi connectivity index (χ2n) is 1.19. The van der Waals surface area contributed by atoms with Crippen LogP contribution in [0.3, 0.4) is 0 Å². The van der Waals surface area contributed by atoms with Gasteiger partial charge in [-0.2, -0.15) is 0 Å². The Morgan fingerprint density at radius 3 is 2.00 bits per heavy atom. The van der Waals surface area contributed by atoms with Crippen LogP contribution in [0.5, 0.6) is 0 Å². The molecule has 0 aromatic heterocycles. The number of aliphatic hydroxyl groups is 1. The summed E-state index contributed by atoms with van der Waals surface area (Å²) in [6.45, 7) is 1.10. The van der Waals surface area contributed by atoms with Crippen molar-refractivity contribution in [2.24, 2.45) is 0 Å². The first kappa shape index (κ1) is 6.15. The molecule has 0 spiro atoms. The third-order valence-corrected chi connectivity index (χ3v) is 0.787. The predicted molar refractivity (Wildman–Crippen MR) is 22.8 cm³/mol. The Hall–Kier alpha value is 0.150. The van der Waals surface area contributed by atoms with Gasteiger partial charge in [-0.05, 0) is 0 Å². The van der Waals surface area contributed by atoms with E-state index in [-0.39, 0.29) is 0 Å². The molecule has 1 atom stereocenters. The molecule has 0 heterocycles. The Labute approximate surface area is 36.1 Å². The summed E-state index contributed by atoms with van der Waals surface area (Å²) in [7, 11) is -3.09. The lowest BCUT2D eigenvalue weighted by Gasteiger charge is -1.93. The molecule has 0 radical (unpaired) electrons. The first-order chi connectivity index (χ1) is 2.56. The van der Waals surface area contributed by atoms with Crippen molar-refractivity contribution >= 4 is 7.37 Å². The summed E-state index contributed by atoms with van der Waals surface area (Å²) in [6.07, 6.45) is -0.618. The average Bonchev–Trinajstić information content (AvgIpc) is 1.35. The highest BCUT2D eigenvalue weighted by Crippen LogP contribution is 2.32. The molecular weight excluding hydrogens is 103 g/mol. The smallest absolute Gasteiger partial charge is 0.222 e. The highest BCUT2D eigenvalue weighted by Gasteiger charge is 2.03. The molecule has 0 saturated carbocycles. The molecule has 3 nitrogen and oxygen atoms in total. The Morgan fingerprint density at radius 2 is 2.00 bits per heavy atom. The average molecular weight is 110 g/mol. The minimum absolute atomic E-state index is 0.618. The van der Waals surface area contributed by atoms with Crippen LogP contribution in [-0.4, -0.2) is 23.0 Å². The number of hydrogen-bond donors (Lipinski definition) is 2. The summed E-state index contributed by atoms with van der Waals surface area (Å²) in [5, 5.41) is 7.89. The molecule has 0 saturated heterocycles. The molecule has 0 bridgehead atoms. The molecule has 1 unspecified atom stereocenters. The molecule has 0 rings (SSSR count). The van der Waals surface area contributed by atoms with E-state index < -0.39 is 13.7 Å². The van der Waals surface area contributed by atoms with Gasteiger partial charge in [-0.25, -0.2) is 0 Å². The van der Waals surface area contributed by atoms with E-state index in [1.807, 2.05) is 0 Å². The first-order valence-electron chi connectivity index (χ1n) is 1.46. The van der Waals surface area contributed by atoms with Crippen LogP contribution in [0, 0.1) is 0 Å². The van der Waals surface area contributed by atoms with Gasteiger partial charge in [-0.15, -0.1) is 0 Å². The summed E-state index contributed by atoms with van der Waals surface area (Å²) in [6, 6.07) is 0. The fourth-order valence-electron chi connectivity index (χ4n) is 0. The zero-order chi connectivity index (χ0) is 5.21. The Bertz CT molecular complexity index is 72.9. The molecule has 38 valence electrons. The minimum Gasteiger partial charge on any atom is -0.386 e. The van der Waals surface area contributed by atoms with Crippen LogP contribution >= 0.6 is 7.37 Å². The molecule has 2 N–H and O–H groups in total. The lowest BCUT2D eigenvalue weighted by molar-refractivity contribution is 0.335. The van der Waals surface area contributed by atoms with E-state index in [1.165, 1.54) is 0 Å². The lowest BCUT2D eigenvalue weighted by atomic mass is 11.7. The summed E-state index contributed by atoms with van der Waals surface area (Å²) < 4.78 is 9.89. The quantitative estimate of drug-likeness (QED) is 0.461. The predicted octanol–water partition coefficient (Wildman–Crippen LogP) is -0.164. The van der Waals surface area contributed by atoms with Gasteiger partial charge in [-0.3, -0.25) is 4.57 Å². The van der Waals surface area contributed by atoms with E-state index in [0.29, 0.717) is 0 Å². The maximum atomic E-state index is 9.89. The summed E-state index contributed by atoms with van der Waals surface area (Å²) in [5.41, 5.74) is 0. The van der Waals surface area contributed by atoms with Crippen molar-refractivity contribution in [2.45, 2.75) is 0 Å². The summed E-state index contributed by atoms with van der Waals surface area (Å²) in [5.74, 6) is 0. The van der Waals surface area contributed by atoms with Crippen molar-refractivity contribution in [3.63, 3.8) is 0 Å². The van der Waals surface area contributed by atoms with E-state index in [9.17, 15) is 4.57 Å². The molecule has 0 aromatic carbocycles. The minimum atomic E-state index is -3.09. The Kier molecular flexibility index (Phi) is 1.78. The SMILES string of the molecule is CP(=O)(O)CO. The second-order valence-corrected chi connectivity index (χ2v) is 3.58. The topological polar surface area (TPSA) is 57.5 Å². The zero-order valence-electron chi connectivity index (χ0n) is 3.46. The van der Waals surface area contributed by atoms with Gasteiger partial charge in [0.2, 0.25) is 7.37 Å². The van der Waals surface area contributed by atoms with E-state index in [0.717, 1.165) is 6.66 Å². The molecule has 0 aromatic rings. The van der Waals surface area contributed by atoms with E-state index in [2.05, 4.69) is 0 Å². The normalized spacial score (nSPS) is 19.8. The first-order valence-corrected chi connectivity index (χ1v) is 3.75. The van der Waals surface area contributed by atoms with Gasteiger partial charge < -0.3 is 10.00 Å². The zero-order valence-corrected chi connectivity index (χ0v) is 4.35. The van der Waals surface area contributed by atoms with Gasteiger partial charge in [0.25, 0.3) is 0 Å². The standard InChI is InChI=1S/C2H7O3P/c1-6(4,5)2-3/h3H,2H2,1H3,(H,4,5). The third-order valence-electron chi connectivity index (χ3n) is 0.262.